The summed E-state index contributed by atoms with van der Waals surface area (Å²) in [4.78, 5) is 6.88. The fraction of sp³-hybridized carbons (Fsp3) is 0.455. The second kappa shape index (κ2) is 4.76. The summed E-state index contributed by atoms with van der Waals surface area (Å²) >= 11 is 1.83. The van der Waals surface area contributed by atoms with Gasteiger partial charge in [0.1, 0.15) is 6.33 Å². The molecule has 0 aromatic carbocycles. The quantitative estimate of drug-likeness (QED) is 0.883. The molecule has 86 valence electrons. The van der Waals surface area contributed by atoms with Gasteiger partial charge in [-0.3, -0.25) is 4.68 Å². The van der Waals surface area contributed by atoms with E-state index in [9.17, 15) is 0 Å². The second-order valence-corrected chi connectivity index (χ2v) is 5.20. The van der Waals surface area contributed by atoms with Crippen molar-refractivity contribution in [3.05, 3.63) is 34.0 Å². The summed E-state index contributed by atoms with van der Waals surface area (Å²) in [6, 6.07) is 4.67. The number of thiophene rings is 1. The van der Waals surface area contributed by atoms with Gasteiger partial charge in [0.25, 0.3) is 0 Å². The van der Waals surface area contributed by atoms with E-state index in [1.807, 2.05) is 18.4 Å². The van der Waals surface area contributed by atoms with Crippen LogP contribution in [-0.2, 0) is 13.6 Å². The molecule has 1 atom stereocenters. The summed E-state index contributed by atoms with van der Waals surface area (Å²) in [6.07, 6.45) is 1.72. The second-order valence-electron chi connectivity index (χ2n) is 3.89. The lowest BCUT2D eigenvalue weighted by Crippen LogP contribution is -2.18. The summed E-state index contributed by atoms with van der Waals surface area (Å²) in [5, 5.41) is 7.64. The molecule has 0 fully saturated rings. The van der Waals surface area contributed by atoms with Crippen molar-refractivity contribution in [2.24, 2.45) is 7.05 Å². The van der Waals surface area contributed by atoms with Gasteiger partial charge in [0, 0.05) is 22.8 Å². The van der Waals surface area contributed by atoms with Gasteiger partial charge in [0.15, 0.2) is 5.82 Å². The average Bonchev–Trinajstić information content (AvgIpc) is 2.84. The van der Waals surface area contributed by atoms with Crippen molar-refractivity contribution in [3.63, 3.8) is 0 Å². The van der Waals surface area contributed by atoms with E-state index < -0.39 is 0 Å². The van der Waals surface area contributed by atoms with Crippen LogP contribution in [0.4, 0.5) is 0 Å². The van der Waals surface area contributed by atoms with Gasteiger partial charge in [0.2, 0.25) is 0 Å². The van der Waals surface area contributed by atoms with E-state index in [0.29, 0.717) is 12.6 Å². The lowest BCUT2D eigenvalue weighted by Gasteiger charge is -2.09. The Morgan fingerprint density at radius 2 is 2.31 bits per heavy atom. The molecule has 0 amide bonds. The molecule has 0 bridgehead atoms. The first-order valence-electron chi connectivity index (χ1n) is 5.29. The molecule has 0 spiro atoms. The van der Waals surface area contributed by atoms with Crippen LogP contribution in [0, 0.1) is 6.92 Å². The highest BCUT2D eigenvalue weighted by atomic mass is 32.1. The third kappa shape index (κ3) is 2.68. The standard InChI is InChI=1S/C11H16N4S/c1-8-4-5-10(16-8)9(2)12-6-11-13-7-15(3)14-11/h4-5,7,9,12H,6H2,1-3H3. The number of aromatic nitrogens is 3. The van der Waals surface area contributed by atoms with E-state index >= 15 is 0 Å². The largest absolute Gasteiger partial charge is 0.302 e. The lowest BCUT2D eigenvalue weighted by atomic mass is 10.3. The molecule has 2 heterocycles. The first-order valence-corrected chi connectivity index (χ1v) is 6.11. The minimum Gasteiger partial charge on any atom is -0.302 e. The van der Waals surface area contributed by atoms with Crippen LogP contribution in [0.2, 0.25) is 0 Å². The molecule has 0 aliphatic heterocycles. The van der Waals surface area contributed by atoms with Crippen LogP contribution < -0.4 is 5.32 Å². The van der Waals surface area contributed by atoms with E-state index in [4.69, 9.17) is 0 Å². The van der Waals surface area contributed by atoms with Gasteiger partial charge in [-0.15, -0.1) is 11.3 Å². The molecule has 5 heteroatoms. The number of nitrogens with zero attached hydrogens (tertiary/aromatic N) is 3. The molecule has 0 aliphatic rings. The van der Waals surface area contributed by atoms with Crippen molar-refractivity contribution in [1.82, 2.24) is 20.1 Å². The first-order chi connectivity index (χ1) is 7.65. The Labute approximate surface area is 99.3 Å². The summed E-state index contributed by atoms with van der Waals surface area (Å²) in [7, 11) is 1.88. The zero-order valence-corrected chi connectivity index (χ0v) is 10.6. The number of rotatable bonds is 4. The maximum Gasteiger partial charge on any atom is 0.164 e. The van der Waals surface area contributed by atoms with E-state index in [1.54, 1.807) is 11.0 Å². The normalized spacial score (nSPS) is 12.9. The Bertz CT molecular complexity index is 460. The maximum atomic E-state index is 4.23. The van der Waals surface area contributed by atoms with Crippen molar-refractivity contribution in [1.29, 1.82) is 0 Å². The molecule has 0 aliphatic carbocycles. The third-order valence-corrected chi connectivity index (χ3v) is 3.58. The predicted octanol–water partition coefficient (Wildman–Crippen LogP) is 2.04. The Hall–Kier alpha value is -1.20. The number of nitrogens with one attached hydrogen (secondary N) is 1. The molecule has 0 radical (unpaired) electrons. The Balaban J connectivity index is 1.91. The molecule has 2 aromatic rings. The molecule has 16 heavy (non-hydrogen) atoms. The lowest BCUT2D eigenvalue weighted by molar-refractivity contribution is 0.563. The Morgan fingerprint density at radius 1 is 1.50 bits per heavy atom. The number of hydrogen-bond acceptors (Lipinski definition) is 4. The molecule has 1 unspecified atom stereocenters. The predicted molar refractivity (Wildman–Crippen MR) is 65.3 cm³/mol. The zero-order chi connectivity index (χ0) is 11.5. The van der Waals surface area contributed by atoms with Crippen LogP contribution in [0.25, 0.3) is 0 Å². The first kappa shape index (κ1) is 11.3. The highest BCUT2D eigenvalue weighted by molar-refractivity contribution is 7.12. The van der Waals surface area contributed by atoms with E-state index in [-0.39, 0.29) is 0 Å². The highest BCUT2D eigenvalue weighted by Crippen LogP contribution is 2.22. The molecular formula is C11H16N4S. The van der Waals surface area contributed by atoms with Gasteiger partial charge >= 0.3 is 0 Å². The van der Waals surface area contributed by atoms with Crippen LogP contribution >= 0.6 is 11.3 Å². The van der Waals surface area contributed by atoms with Gasteiger partial charge in [-0.1, -0.05) is 0 Å². The summed E-state index contributed by atoms with van der Waals surface area (Å²) in [5.74, 6) is 0.836. The van der Waals surface area contributed by atoms with Crippen molar-refractivity contribution >= 4 is 11.3 Å². The Kier molecular flexibility index (Phi) is 3.36. The van der Waals surface area contributed by atoms with Crippen molar-refractivity contribution < 1.29 is 0 Å². The summed E-state index contributed by atoms with van der Waals surface area (Å²) in [6.45, 7) is 4.99. The van der Waals surface area contributed by atoms with Crippen molar-refractivity contribution in [2.45, 2.75) is 26.4 Å². The molecule has 1 N–H and O–H groups in total. The molecular weight excluding hydrogens is 220 g/mol. The van der Waals surface area contributed by atoms with E-state index in [0.717, 1.165) is 5.82 Å². The van der Waals surface area contributed by atoms with Crippen LogP contribution in [0.1, 0.15) is 28.5 Å². The smallest absolute Gasteiger partial charge is 0.164 e. The molecule has 0 saturated carbocycles. The fourth-order valence-corrected chi connectivity index (χ4v) is 2.40. The van der Waals surface area contributed by atoms with Gasteiger partial charge in [0.05, 0.1) is 6.54 Å². The molecule has 2 aromatic heterocycles. The van der Waals surface area contributed by atoms with Gasteiger partial charge in [-0.2, -0.15) is 5.10 Å². The topological polar surface area (TPSA) is 42.7 Å². The highest BCUT2D eigenvalue weighted by Gasteiger charge is 2.08. The fourth-order valence-electron chi connectivity index (χ4n) is 1.50. The number of hydrogen-bond donors (Lipinski definition) is 1. The Morgan fingerprint density at radius 3 is 2.88 bits per heavy atom. The summed E-state index contributed by atoms with van der Waals surface area (Å²) < 4.78 is 1.72. The zero-order valence-electron chi connectivity index (χ0n) is 9.77. The maximum absolute atomic E-state index is 4.23. The van der Waals surface area contributed by atoms with Crippen LogP contribution in [-0.4, -0.2) is 14.8 Å². The van der Waals surface area contributed by atoms with E-state index in [2.05, 4.69) is 41.4 Å². The number of aryl methyl sites for hydroxylation is 2. The van der Waals surface area contributed by atoms with Crippen molar-refractivity contribution in [3.8, 4) is 0 Å². The molecule has 0 saturated heterocycles. The van der Waals surface area contributed by atoms with Crippen molar-refractivity contribution in [2.75, 3.05) is 0 Å². The monoisotopic (exact) mass is 236 g/mol. The minimum absolute atomic E-state index is 0.350. The molecule has 4 nitrogen and oxygen atoms in total. The van der Waals surface area contributed by atoms with Crippen LogP contribution in [0.15, 0.2) is 18.5 Å². The summed E-state index contributed by atoms with van der Waals surface area (Å²) in [5.41, 5.74) is 0. The SMILES string of the molecule is Cc1ccc(C(C)NCc2ncn(C)n2)s1. The van der Waals surface area contributed by atoms with Gasteiger partial charge < -0.3 is 5.32 Å². The van der Waals surface area contributed by atoms with Crippen LogP contribution in [0.3, 0.4) is 0 Å². The van der Waals surface area contributed by atoms with Gasteiger partial charge in [-0.25, -0.2) is 4.98 Å². The van der Waals surface area contributed by atoms with Crippen LogP contribution in [0.5, 0.6) is 0 Å². The van der Waals surface area contributed by atoms with E-state index in [1.165, 1.54) is 9.75 Å². The third-order valence-electron chi connectivity index (χ3n) is 2.40. The molecule has 2 rings (SSSR count). The minimum atomic E-state index is 0.350. The average molecular weight is 236 g/mol. The van der Waals surface area contributed by atoms with Gasteiger partial charge in [-0.05, 0) is 26.0 Å².